The van der Waals surface area contributed by atoms with Crippen LogP contribution in [0.25, 0.3) is 11.5 Å². The molecule has 0 bridgehead atoms. The molecule has 2 aromatic rings. The lowest BCUT2D eigenvalue weighted by atomic mass is 10.0. The Morgan fingerprint density at radius 3 is 2.85 bits per heavy atom. The van der Waals surface area contributed by atoms with E-state index in [1.807, 2.05) is 0 Å². The fraction of sp³-hybridized carbons (Fsp3) is 0.385. The first-order chi connectivity index (χ1) is 9.66. The topological polar surface area (TPSA) is 57.4 Å². The average Bonchev–Trinajstić information content (AvgIpc) is 3.10. The minimum atomic E-state index is -0.670. The Bertz CT molecular complexity index is 624. The fourth-order valence-electron chi connectivity index (χ4n) is 2.15. The van der Waals surface area contributed by atoms with Crippen molar-refractivity contribution in [2.45, 2.75) is 12.0 Å². The predicted octanol–water partition coefficient (Wildman–Crippen LogP) is 3.31. The molecule has 0 radical (unpaired) electrons. The van der Waals surface area contributed by atoms with Gasteiger partial charge in [-0.3, -0.25) is 0 Å². The van der Waals surface area contributed by atoms with Crippen molar-refractivity contribution in [3.05, 3.63) is 34.1 Å². The number of aromatic nitrogens is 2. The van der Waals surface area contributed by atoms with Crippen LogP contribution in [0.2, 0.25) is 10.0 Å². The zero-order valence-electron chi connectivity index (χ0n) is 10.7. The van der Waals surface area contributed by atoms with E-state index in [1.54, 1.807) is 25.3 Å². The Labute approximate surface area is 125 Å². The van der Waals surface area contributed by atoms with Crippen LogP contribution in [0.5, 0.6) is 0 Å². The molecule has 3 rings (SSSR count). The molecular weight excluding hydrogens is 303 g/mol. The highest BCUT2D eigenvalue weighted by Gasteiger charge is 2.42. The van der Waals surface area contributed by atoms with Gasteiger partial charge in [-0.1, -0.05) is 29.3 Å². The molecule has 2 heterocycles. The molecule has 0 saturated carbocycles. The summed E-state index contributed by atoms with van der Waals surface area (Å²) >= 11 is 12.1. The fourth-order valence-corrected chi connectivity index (χ4v) is 2.53. The third-order valence-electron chi connectivity index (χ3n) is 3.37. The van der Waals surface area contributed by atoms with Crippen LogP contribution in [-0.2, 0) is 15.1 Å². The smallest absolute Gasteiger partial charge is 0.251 e. The summed E-state index contributed by atoms with van der Waals surface area (Å²) in [6.45, 7) is 0.998. The van der Waals surface area contributed by atoms with Crippen LogP contribution < -0.4 is 0 Å². The maximum Gasteiger partial charge on any atom is 0.251 e. The lowest BCUT2D eigenvalue weighted by Gasteiger charge is -2.20. The molecule has 1 aromatic carbocycles. The SMILES string of the molecule is COC1(c2nnc(-c3cccc(Cl)c3Cl)o2)CCOC1. The number of rotatable bonds is 3. The first kappa shape index (κ1) is 13.8. The van der Waals surface area contributed by atoms with Gasteiger partial charge in [0.1, 0.15) is 0 Å². The summed E-state index contributed by atoms with van der Waals surface area (Å²) in [6.07, 6.45) is 0.675. The average molecular weight is 315 g/mol. The normalized spacial score (nSPS) is 22.4. The number of hydrogen-bond donors (Lipinski definition) is 0. The van der Waals surface area contributed by atoms with Crippen molar-refractivity contribution in [3.8, 4) is 11.5 Å². The monoisotopic (exact) mass is 314 g/mol. The minimum Gasteiger partial charge on any atom is -0.417 e. The molecule has 1 aliphatic heterocycles. The Morgan fingerprint density at radius 1 is 1.30 bits per heavy atom. The molecule has 5 nitrogen and oxygen atoms in total. The van der Waals surface area contributed by atoms with Gasteiger partial charge in [-0.25, -0.2) is 0 Å². The van der Waals surface area contributed by atoms with Gasteiger partial charge in [-0.05, 0) is 12.1 Å². The van der Waals surface area contributed by atoms with Crippen LogP contribution in [-0.4, -0.2) is 30.5 Å². The quantitative estimate of drug-likeness (QED) is 0.870. The minimum absolute atomic E-state index is 0.316. The highest BCUT2D eigenvalue weighted by atomic mass is 35.5. The van der Waals surface area contributed by atoms with E-state index >= 15 is 0 Å². The summed E-state index contributed by atoms with van der Waals surface area (Å²) in [5, 5.41) is 8.92. The zero-order valence-corrected chi connectivity index (χ0v) is 12.2. The van der Waals surface area contributed by atoms with Gasteiger partial charge in [-0.2, -0.15) is 0 Å². The van der Waals surface area contributed by atoms with Crippen molar-refractivity contribution >= 4 is 23.2 Å². The van der Waals surface area contributed by atoms with E-state index in [0.717, 1.165) is 0 Å². The summed E-state index contributed by atoms with van der Waals surface area (Å²) in [5.41, 5.74) is -0.0703. The van der Waals surface area contributed by atoms with Gasteiger partial charge in [-0.15, -0.1) is 10.2 Å². The molecule has 0 amide bonds. The molecule has 0 spiro atoms. The molecule has 106 valence electrons. The van der Waals surface area contributed by atoms with Crippen molar-refractivity contribution in [2.75, 3.05) is 20.3 Å². The van der Waals surface area contributed by atoms with Crippen LogP contribution in [0.3, 0.4) is 0 Å². The van der Waals surface area contributed by atoms with Gasteiger partial charge in [0.05, 0.1) is 28.8 Å². The van der Waals surface area contributed by atoms with Crippen molar-refractivity contribution in [3.63, 3.8) is 0 Å². The molecule has 1 aromatic heterocycles. The predicted molar refractivity (Wildman–Crippen MR) is 73.9 cm³/mol. The summed E-state index contributed by atoms with van der Waals surface area (Å²) < 4.78 is 16.6. The maximum absolute atomic E-state index is 6.15. The van der Waals surface area contributed by atoms with Gasteiger partial charge in [0.2, 0.25) is 5.89 Å². The van der Waals surface area contributed by atoms with Gasteiger partial charge in [0, 0.05) is 13.5 Å². The lowest BCUT2D eigenvalue weighted by molar-refractivity contribution is -0.0407. The van der Waals surface area contributed by atoms with E-state index in [9.17, 15) is 0 Å². The zero-order chi connectivity index (χ0) is 14.2. The van der Waals surface area contributed by atoms with Crippen LogP contribution in [0.15, 0.2) is 22.6 Å². The third-order valence-corrected chi connectivity index (χ3v) is 4.19. The number of nitrogens with zero attached hydrogens (tertiary/aromatic N) is 2. The second kappa shape index (κ2) is 5.33. The Balaban J connectivity index is 2.00. The Morgan fingerprint density at radius 2 is 2.15 bits per heavy atom. The van der Waals surface area contributed by atoms with E-state index in [0.29, 0.717) is 47.0 Å². The molecule has 1 atom stereocenters. The summed E-state index contributed by atoms with van der Waals surface area (Å²) in [7, 11) is 1.60. The third kappa shape index (κ3) is 2.20. The molecule has 1 aliphatic rings. The molecule has 1 unspecified atom stereocenters. The maximum atomic E-state index is 6.15. The van der Waals surface area contributed by atoms with Crippen molar-refractivity contribution in [2.24, 2.45) is 0 Å². The molecule has 0 N–H and O–H groups in total. The molecule has 1 saturated heterocycles. The number of benzene rings is 1. The van der Waals surface area contributed by atoms with Crippen LogP contribution in [0.4, 0.5) is 0 Å². The van der Waals surface area contributed by atoms with Crippen molar-refractivity contribution in [1.82, 2.24) is 10.2 Å². The van der Waals surface area contributed by atoms with Crippen LogP contribution >= 0.6 is 23.2 Å². The summed E-state index contributed by atoms with van der Waals surface area (Å²) in [4.78, 5) is 0. The van der Waals surface area contributed by atoms with E-state index in [2.05, 4.69) is 10.2 Å². The van der Waals surface area contributed by atoms with Gasteiger partial charge < -0.3 is 13.9 Å². The Hall–Kier alpha value is -1.14. The van der Waals surface area contributed by atoms with Crippen LogP contribution in [0, 0.1) is 0 Å². The second-order valence-electron chi connectivity index (χ2n) is 4.51. The number of methoxy groups -OCH3 is 1. The molecular formula is C13H12Cl2N2O3. The standard InChI is InChI=1S/C13H12Cl2N2O3/c1-18-13(5-6-19-7-13)12-17-16-11(20-12)8-3-2-4-9(14)10(8)15/h2-4H,5-7H2,1H3. The highest BCUT2D eigenvalue weighted by Crippen LogP contribution is 2.37. The molecule has 7 heteroatoms. The second-order valence-corrected chi connectivity index (χ2v) is 5.30. The largest absolute Gasteiger partial charge is 0.417 e. The van der Waals surface area contributed by atoms with Gasteiger partial charge in [0.25, 0.3) is 5.89 Å². The summed E-state index contributed by atoms with van der Waals surface area (Å²) in [6, 6.07) is 5.25. The van der Waals surface area contributed by atoms with E-state index in [1.165, 1.54) is 0 Å². The number of ether oxygens (including phenoxy) is 2. The van der Waals surface area contributed by atoms with Crippen molar-refractivity contribution < 1.29 is 13.9 Å². The molecule has 20 heavy (non-hydrogen) atoms. The van der Waals surface area contributed by atoms with E-state index in [-0.39, 0.29) is 0 Å². The van der Waals surface area contributed by atoms with Crippen molar-refractivity contribution in [1.29, 1.82) is 0 Å². The van der Waals surface area contributed by atoms with E-state index in [4.69, 9.17) is 37.1 Å². The number of halogens is 2. The highest BCUT2D eigenvalue weighted by molar-refractivity contribution is 6.43. The molecule has 0 aliphatic carbocycles. The summed E-state index contributed by atoms with van der Waals surface area (Å²) in [5.74, 6) is 0.708. The molecule has 1 fully saturated rings. The van der Waals surface area contributed by atoms with Gasteiger partial charge in [0.15, 0.2) is 5.60 Å². The first-order valence-electron chi connectivity index (χ1n) is 6.07. The van der Waals surface area contributed by atoms with E-state index < -0.39 is 5.60 Å². The van der Waals surface area contributed by atoms with Gasteiger partial charge >= 0.3 is 0 Å². The van der Waals surface area contributed by atoms with Crippen LogP contribution in [0.1, 0.15) is 12.3 Å². The first-order valence-corrected chi connectivity index (χ1v) is 6.83. The lowest BCUT2D eigenvalue weighted by Crippen LogP contribution is -2.29. The number of hydrogen-bond acceptors (Lipinski definition) is 5. The Kier molecular flexibility index (Phi) is 3.69.